The van der Waals surface area contributed by atoms with E-state index in [1.807, 2.05) is 66.7 Å². The molecule has 8 rings (SSSR count). The number of benzene rings is 6. The van der Waals surface area contributed by atoms with E-state index in [0.717, 1.165) is 55.3 Å². The first-order chi connectivity index (χ1) is 22.7. The van der Waals surface area contributed by atoms with Crippen molar-refractivity contribution in [2.75, 3.05) is 0 Å². The van der Waals surface area contributed by atoms with Crippen LogP contribution < -0.4 is 0 Å². The van der Waals surface area contributed by atoms with E-state index in [1.165, 1.54) is 11.1 Å². The van der Waals surface area contributed by atoms with Crippen molar-refractivity contribution in [2.45, 2.75) is 6.92 Å². The van der Waals surface area contributed by atoms with Crippen molar-refractivity contribution in [2.24, 2.45) is 0 Å². The van der Waals surface area contributed by atoms with Crippen molar-refractivity contribution < 1.29 is 4.42 Å². The zero-order valence-corrected chi connectivity index (χ0v) is 25.3. The molecule has 0 atom stereocenters. The third-order valence-corrected chi connectivity index (χ3v) is 8.34. The van der Waals surface area contributed by atoms with Crippen molar-refractivity contribution in [3.05, 3.63) is 162 Å². The van der Waals surface area contributed by atoms with E-state index in [2.05, 4.69) is 97.9 Å². The summed E-state index contributed by atoms with van der Waals surface area (Å²) in [5.74, 6) is 1.87. The van der Waals surface area contributed by atoms with Gasteiger partial charge in [-0.1, -0.05) is 146 Å². The van der Waals surface area contributed by atoms with E-state index in [-0.39, 0.29) is 0 Å². The van der Waals surface area contributed by atoms with Gasteiger partial charge in [0.25, 0.3) is 0 Å². The summed E-state index contributed by atoms with van der Waals surface area (Å²) in [6.07, 6.45) is 4.29. The first-order valence-electron chi connectivity index (χ1n) is 15.4. The normalized spacial score (nSPS) is 11.5. The second-order valence-corrected chi connectivity index (χ2v) is 11.3. The molecular weight excluding hydrogens is 562 g/mol. The molecule has 2 aromatic heterocycles. The molecule has 0 spiro atoms. The smallest absolute Gasteiger partial charge is 0.164 e. The molecule has 8 aromatic rings. The Labute approximate surface area is 267 Å². The molecule has 218 valence electrons. The lowest BCUT2D eigenvalue weighted by Crippen LogP contribution is -2.01. The first kappa shape index (κ1) is 27.4. The molecule has 0 amide bonds. The molecule has 0 saturated carbocycles. The number of rotatable bonds is 6. The minimum absolute atomic E-state index is 0.618. The van der Waals surface area contributed by atoms with Crippen LogP contribution in [0.5, 0.6) is 0 Å². The van der Waals surface area contributed by atoms with Gasteiger partial charge < -0.3 is 4.42 Å². The summed E-state index contributed by atoms with van der Waals surface area (Å²) in [7, 11) is 0. The predicted molar refractivity (Wildman–Crippen MR) is 189 cm³/mol. The molecule has 0 saturated heterocycles. The van der Waals surface area contributed by atoms with Gasteiger partial charge in [0, 0.05) is 27.5 Å². The molecule has 46 heavy (non-hydrogen) atoms. The predicted octanol–water partition coefficient (Wildman–Crippen LogP) is 10.9. The van der Waals surface area contributed by atoms with Crippen LogP contribution in [0.2, 0.25) is 0 Å². The molecule has 4 heteroatoms. The monoisotopic (exact) mass is 591 g/mol. The second-order valence-electron chi connectivity index (χ2n) is 11.3. The number of hydrogen-bond acceptors (Lipinski definition) is 4. The summed E-state index contributed by atoms with van der Waals surface area (Å²) in [5, 5.41) is 2.17. The fraction of sp³-hybridized carbons (Fsp3) is 0.0238. The van der Waals surface area contributed by atoms with E-state index in [9.17, 15) is 0 Å². The molecule has 0 radical (unpaired) electrons. The molecule has 4 nitrogen and oxygen atoms in total. The van der Waals surface area contributed by atoms with Gasteiger partial charge in [-0.2, -0.15) is 0 Å². The molecule has 0 unspecified atom stereocenters. The highest BCUT2D eigenvalue weighted by molar-refractivity contribution is 6.13. The van der Waals surface area contributed by atoms with Gasteiger partial charge in [0.05, 0.1) is 0 Å². The Balaban J connectivity index is 1.26. The minimum Gasteiger partial charge on any atom is -0.456 e. The van der Waals surface area contributed by atoms with E-state index >= 15 is 0 Å². The van der Waals surface area contributed by atoms with Crippen LogP contribution in [0.25, 0.3) is 79.4 Å². The summed E-state index contributed by atoms with van der Waals surface area (Å²) < 4.78 is 6.23. The number of furan rings is 1. The molecule has 6 aromatic carbocycles. The standard InChI is InChI=1S/C42H29N3O/c1-28-12-5-6-13-30(28)25-22-29-23-26-32(27-24-29)41-43-40(31-14-3-2-4-15-31)44-42(45-41)35-17-8-7-16-33(35)34-19-11-21-38-39(34)36-18-9-10-20-37(36)46-38/h2-27H,1H3/b25-22-. The Hall–Kier alpha value is -6.13. The zero-order chi connectivity index (χ0) is 30.9. The van der Waals surface area contributed by atoms with Crippen LogP contribution in [-0.4, -0.2) is 15.0 Å². The maximum atomic E-state index is 6.23. The highest BCUT2D eigenvalue weighted by Crippen LogP contribution is 2.40. The molecule has 0 bridgehead atoms. The molecule has 0 fully saturated rings. The summed E-state index contributed by atoms with van der Waals surface area (Å²) in [4.78, 5) is 15.1. The van der Waals surface area contributed by atoms with Gasteiger partial charge >= 0.3 is 0 Å². The molecule has 0 aliphatic carbocycles. The summed E-state index contributed by atoms with van der Waals surface area (Å²) in [6, 6.07) is 49.5. The Kier molecular flexibility index (Phi) is 7.01. The summed E-state index contributed by atoms with van der Waals surface area (Å²) in [5.41, 5.74) is 10.2. The van der Waals surface area contributed by atoms with E-state index < -0.39 is 0 Å². The summed E-state index contributed by atoms with van der Waals surface area (Å²) >= 11 is 0. The third kappa shape index (κ3) is 5.16. The first-order valence-corrected chi connectivity index (χ1v) is 15.4. The van der Waals surface area contributed by atoms with Gasteiger partial charge in [-0.3, -0.25) is 0 Å². The molecule has 0 aliphatic heterocycles. The van der Waals surface area contributed by atoms with Gasteiger partial charge in [-0.25, -0.2) is 15.0 Å². The van der Waals surface area contributed by atoms with Crippen molar-refractivity contribution in [3.8, 4) is 45.3 Å². The fourth-order valence-electron chi connectivity index (χ4n) is 5.96. The van der Waals surface area contributed by atoms with Gasteiger partial charge in [-0.15, -0.1) is 0 Å². The number of aromatic nitrogens is 3. The topological polar surface area (TPSA) is 51.8 Å². The number of aryl methyl sites for hydroxylation is 1. The van der Waals surface area contributed by atoms with E-state index in [0.29, 0.717) is 17.5 Å². The largest absolute Gasteiger partial charge is 0.456 e. The van der Waals surface area contributed by atoms with Gasteiger partial charge in [0.2, 0.25) is 0 Å². The SMILES string of the molecule is Cc1ccccc1/C=C\c1ccc(-c2nc(-c3ccccc3)nc(-c3ccccc3-c3cccc4oc5ccccc5c34)n2)cc1. The van der Waals surface area contributed by atoms with Gasteiger partial charge in [0.15, 0.2) is 17.5 Å². The Morgan fingerprint density at radius 3 is 1.87 bits per heavy atom. The van der Waals surface area contributed by atoms with Crippen molar-refractivity contribution >= 4 is 34.1 Å². The van der Waals surface area contributed by atoms with Crippen LogP contribution in [0.3, 0.4) is 0 Å². The van der Waals surface area contributed by atoms with E-state index in [1.54, 1.807) is 0 Å². The minimum atomic E-state index is 0.618. The van der Waals surface area contributed by atoms with Crippen LogP contribution in [0.4, 0.5) is 0 Å². The number of hydrogen-bond donors (Lipinski definition) is 0. The quantitative estimate of drug-likeness (QED) is 0.181. The van der Waals surface area contributed by atoms with Crippen LogP contribution in [-0.2, 0) is 0 Å². The molecule has 0 N–H and O–H groups in total. The number of fused-ring (bicyclic) bond motifs is 3. The lowest BCUT2D eigenvalue weighted by molar-refractivity contribution is 0.669. The van der Waals surface area contributed by atoms with Crippen LogP contribution in [0.15, 0.2) is 150 Å². The van der Waals surface area contributed by atoms with Crippen LogP contribution >= 0.6 is 0 Å². The number of para-hydroxylation sites is 1. The second kappa shape index (κ2) is 11.8. The molecule has 2 heterocycles. The number of nitrogens with zero attached hydrogens (tertiary/aromatic N) is 3. The Bertz CT molecular complexity index is 2370. The average Bonchev–Trinajstić information content (AvgIpc) is 3.51. The average molecular weight is 592 g/mol. The molecule has 0 aliphatic rings. The van der Waals surface area contributed by atoms with Crippen LogP contribution in [0.1, 0.15) is 16.7 Å². The highest BCUT2D eigenvalue weighted by atomic mass is 16.3. The van der Waals surface area contributed by atoms with Crippen molar-refractivity contribution in [3.63, 3.8) is 0 Å². The van der Waals surface area contributed by atoms with Gasteiger partial charge in [-0.05, 0) is 46.9 Å². The van der Waals surface area contributed by atoms with Crippen molar-refractivity contribution in [1.29, 1.82) is 0 Å². The van der Waals surface area contributed by atoms with Gasteiger partial charge in [0.1, 0.15) is 11.2 Å². The Morgan fingerprint density at radius 2 is 1.07 bits per heavy atom. The Morgan fingerprint density at radius 1 is 0.457 bits per heavy atom. The maximum Gasteiger partial charge on any atom is 0.164 e. The molecular formula is C42H29N3O. The summed E-state index contributed by atoms with van der Waals surface area (Å²) in [6.45, 7) is 2.13. The highest BCUT2D eigenvalue weighted by Gasteiger charge is 2.18. The van der Waals surface area contributed by atoms with Crippen LogP contribution in [0, 0.1) is 6.92 Å². The lowest BCUT2D eigenvalue weighted by Gasteiger charge is -2.13. The van der Waals surface area contributed by atoms with Crippen molar-refractivity contribution in [1.82, 2.24) is 15.0 Å². The third-order valence-electron chi connectivity index (χ3n) is 8.34. The zero-order valence-electron chi connectivity index (χ0n) is 25.3. The van der Waals surface area contributed by atoms with E-state index in [4.69, 9.17) is 19.4 Å². The lowest BCUT2D eigenvalue weighted by atomic mass is 9.95. The fourth-order valence-corrected chi connectivity index (χ4v) is 5.96. The maximum absolute atomic E-state index is 6.23.